The van der Waals surface area contributed by atoms with E-state index < -0.39 is 0 Å². The molecule has 0 saturated carbocycles. The van der Waals surface area contributed by atoms with Crippen molar-refractivity contribution < 1.29 is 4.79 Å². The standard InChI is InChI=1S/C21H18Cl2N4O/c22-18-4-1-3-17(19(18)23)15-5-7-16(8-6-15)20(28)26-11-13-27(14-12-26)21-24-9-2-10-25-21/h1-10H,11-14H2. The average Bonchev–Trinajstić information content (AvgIpc) is 2.76. The maximum atomic E-state index is 12.8. The van der Waals surface area contributed by atoms with Crippen LogP contribution in [0, 0.1) is 0 Å². The molecule has 1 saturated heterocycles. The number of anilines is 1. The maximum absolute atomic E-state index is 12.8. The lowest BCUT2D eigenvalue weighted by Gasteiger charge is -2.34. The SMILES string of the molecule is O=C(c1ccc(-c2cccc(Cl)c2Cl)cc1)N1CCN(c2ncccn2)CC1. The largest absolute Gasteiger partial charge is 0.337 e. The summed E-state index contributed by atoms with van der Waals surface area (Å²) < 4.78 is 0. The fourth-order valence-electron chi connectivity index (χ4n) is 3.27. The molecule has 0 spiro atoms. The first-order chi connectivity index (χ1) is 13.6. The molecule has 0 bridgehead atoms. The molecule has 3 aromatic rings. The Labute approximate surface area is 173 Å². The molecule has 1 aliphatic rings. The molecule has 1 aliphatic heterocycles. The Morgan fingerprint density at radius 1 is 0.857 bits per heavy atom. The summed E-state index contributed by atoms with van der Waals surface area (Å²) in [7, 11) is 0. The second-order valence-electron chi connectivity index (χ2n) is 6.51. The highest BCUT2D eigenvalue weighted by atomic mass is 35.5. The lowest BCUT2D eigenvalue weighted by atomic mass is 10.0. The fourth-order valence-corrected chi connectivity index (χ4v) is 3.68. The van der Waals surface area contributed by atoms with Crippen LogP contribution in [0.4, 0.5) is 5.95 Å². The minimum Gasteiger partial charge on any atom is -0.337 e. The van der Waals surface area contributed by atoms with E-state index in [0.29, 0.717) is 47.7 Å². The fraction of sp³-hybridized carbons (Fsp3) is 0.190. The van der Waals surface area contributed by atoms with Gasteiger partial charge >= 0.3 is 0 Å². The summed E-state index contributed by atoms with van der Waals surface area (Å²) in [5, 5.41) is 1.03. The lowest BCUT2D eigenvalue weighted by Crippen LogP contribution is -2.49. The highest BCUT2D eigenvalue weighted by Crippen LogP contribution is 2.33. The Bertz CT molecular complexity index is 971. The third-order valence-corrected chi connectivity index (χ3v) is 5.62. The number of halogens is 2. The van der Waals surface area contributed by atoms with E-state index >= 15 is 0 Å². The Morgan fingerprint density at radius 3 is 2.21 bits per heavy atom. The first-order valence-corrected chi connectivity index (χ1v) is 9.75. The first-order valence-electron chi connectivity index (χ1n) is 8.99. The number of rotatable bonds is 3. The molecule has 0 atom stereocenters. The van der Waals surface area contributed by atoms with Gasteiger partial charge in [0, 0.05) is 49.7 Å². The van der Waals surface area contributed by atoms with Crippen LogP contribution in [-0.2, 0) is 0 Å². The van der Waals surface area contributed by atoms with E-state index in [2.05, 4.69) is 14.9 Å². The van der Waals surface area contributed by atoms with E-state index in [4.69, 9.17) is 23.2 Å². The third kappa shape index (κ3) is 3.81. The van der Waals surface area contributed by atoms with Crippen LogP contribution in [0.25, 0.3) is 11.1 Å². The van der Waals surface area contributed by atoms with Gasteiger partial charge in [-0.3, -0.25) is 4.79 Å². The van der Waals surface area contributed by atoms with Gasteiger partial charge in [-0.1, -0.05) is 47.5 Å². The molecule has 0 unspecified atom stereocenters. The van der Waals surface area contributed by atoms with Crippen molar-refractivity contribution >= 4 is 35.1 Å². The molecule has 142 valence electrons. The van der Waals surface area contributed by atoms with E-state index in [1.807, 2.05) is 41.3 Å². The number of nitrogens with zero attached hydrogens (tertiary/aromatic N) is 4. The van der Waals surface area contributed by atoms with Gasteiger partial charge in [-0.15, -0.1) is 0 Å². The van der Waals surface area contributed by atoms with Gasteiger partial charge in [-0.25, -0.2) is 9.97 Å². The van der Waals surface area contributed by atoms with Crippen molar-refractivity contribution in [2.45, 2.75) is 0 Å². The van der Waals surface area contributed by atoms with Crippen molar-refractivity contribution in [2.75, 3.05) is 31.1 Å². The van der Waals surface area contributed by atoms with Crippen LogP contribution in [0.3, 0.4) is 0 Å². The molecule has 0 N–H and O–H groups in total. The van der Waals surface area contributed by atoms with E-state index in [-0.39, 0.29) is 5.91 Å². The van der Waals surface area contributed by atoms with Gasteiger partial charge in [0.2, 0.25) is 5.95 Å². The van der Waals surface area contributed by atoms with E-state index in [1.165, 1.54) is 0 Å². The van der Waals surface area contributed by atoms with Crippen LogP contribution in [0.15, 0.2) is 60.9 Å². The van der Waals surface area contributed by atoms with Crippen LogP contribution in [0.5, 0.6) is 0 Å². The summed E-state index contributed by atoms with van der Waals surface area (Å²) in [5.74, 6) is 0.731. The quantitative estimate of drug-likeness (QED) is 0.638. The normalized spacial score (nSPS) is 14.2. The van der Waals surface area contributed by atoms with Crippen LogP contribution < -0.4 is 4.90 Å². The Kier molecular flexibility index (Phi) is 5.46. The highest BCUT2D eigenvalue weighted by Gasteiger charge is 2.23. The number of hydrogen-bond acceptors (Lipinski definition) is 4. The smallest absolute Gasteiger partial charge is 0.253 e. The summed E-state index contributed by atoms with van der Waals surface area (Å²) in [6, 6.07) is 14.8. The van der Waals surface area contributed by atoms with Crippen molar-refractivity contribution in [1.82, 2.24) is 14.9 Å². The molecule has 7 heteroatoms. The summed E-state index contributed by atoms with van der Waals surface area (Å²) >= 11 is 12.4. The summed E-state index contributed by atoms with van der Waals surface area (Å²) in [6.45, 7) is 2.70. The molecule has 0 aliphatic carbocycles. The van der Waals surface area contributed by atoms with Gasteiger partial charge in [0.1, 0.15) is 0 Å². The van der Waals surface area contributed by atoms with Crippen LogP contribution in [0.1, 0.15) is 10.4 Å². The molecule has 2 heterocycles. The van der Waals surface area contributed by atoms with Crippen LogP contribution >= 0.6 is 23.2 Å². The lowest BCUT2D eigenvalue weighted by molar-refractivity contribution is 0.0746. The van der Waals surface area contributed by atoms with Gasteiger partial charge < -0.3 is 9.80 Å². The molecule has 1 aromatic heterocycles. The zero-order valence-electron chi connectivity index (χ0n) is 15.1. The molecule has 4 rings (SSSR count). The Hall–Kier alpha value is -2.63. The molecule has 0 radical (unpaired) electrons. The maximum Gasteiger partial charge on any atom is 0.253 e. The predicted molar refractivity (Wildman–Crippen MR) is 112 cm³/mol. The van der Waals surface area contributed by atoms with Crippen LogP contribution in [-0.4, -0.2) is 47.0 Å². The van der Waals surface area contributed by atoms with Gasteiger partial charge in [-0.05, 0) is 29.8 Å². The Balaban J connectivity index is 1.44. The third-order valence-electron chi connectivity index (χ3n) is 4.80. The zero-order chi connectivity index (χ0) is 19.5. The van der Waals surface area contributed by atoms with E-state index in [1.54, 1.807) is 24.5 Å². The number of aromatic nitrogens is 2. The highest BCUT2D eigenvalue weighted by molar-refractivity contribution is 6.43. The number of amides is 1. The van der Waals surface area contributed by atoms with Gasteiger partial charge in [0.25, 0.3) is 5.91 Å². The van der Waals surface area contributed by atoms with Crippen molar-refractivity contribution in [3.05, 3.63) is 76.5 Å². The first kappa shape index (κ1) is 18.7. The summed E-state index contributed by atoms with van der Waals surface area (Å²) in [5.41, 5.74) is 2.44. The predicted octanol–water partition coefficient (Wildman–Crippen LogP) is 4.41. The molecule has 2 aromatic carbocycles. The van der Waals surface area contributed by atoms with Gasteiger partial charge in [0.15, 0.2) is 0 Å². The van der Waals surface area contributed by atoms with Gasteiger partial charge in [-0.2, -0.15) is 0 Å². The minimum absolute atomic E-state index is 0.0253. The van der Waals surface area contributed by atoms with Crippen molar-refractivity contribution in [3.8, 4) is 11.1 Å². The topological polar surface area (TPSA) is 49.3 Å². The summed E-state index contributed by atoms with van der Waals surface area (Å²) in [6.07, 6.45) is 3.46. The van der Waals surface area contributed by atoms with Crippen LogP contribution in [0.2, 0.25) is 10.0 Å². The summed E-state index contributed by atoms with van der Waals surface area (Å²) in [4.78, 5) is 25.3. The second-order valence-corrected chi connectivity index (χ2v) is 7.29. The monoisotopic (exact) mass is 412 g/mol. The minimum atomic E-state index is 0.0253. The molecule has 28 heavy (non-hydrogen) atoms. The van der Waals surface area contributed by atoms with Gasteiger partial charge in [0.05, 0.1) is 10.0 Å². The average molecular weight is 413 g/mol. The zero-order valence-corrected chi connectivity index (χ0v) is 16.6. The molecule has 5 nitrogen and oxygen atoms in total. The molecule has 1 amide bonds. The van der Waals surface area contributed by atoms with Crippen molar-refractivity contribution in [2.24, 2.45) is 0 Å². The molecular weight excluding hydrogens is 395 g/mol. The number of benzene rings is 2. The molecule has 1 fully saturated rings. The number of carbonyl (C=O) groups excluding carboxylic acids is 1. The Morgan fingerprint density at radius 2 is 1.54 bits per heavy atom. The number of carbonyl (C=O) groups is 1. The van der Waals surface area contributed by atoms with Crippen molar-refractivity contribution in [1.29, 1.82) is 0 Å². The van der Waals surface area contributed by atoms with E-state index in [0.717, 1.165) is 11.1 Å². The van der Waals surface area contributed by atoms with E-state index in [9.17, 15) is 4.79 Å². The number of hydrogen-bond donors (Lipinski definition) is 0. The second kappa shape index (κ2) is 8.17. The number of piperazine rings is 1. The van der Waals surface area contributed by atoms with Crippen molar-refractivity contribution in [3.63, 3.8) is 0 Å². The molecular formula is C21H18Cl2N4O.